The van der Waals surface area contributed by atoms with Crippen molar-refractivity contribution in [3.05, 3.63) is 23.3 Å². The molecule has 0 saturated heterocycles. The fourth-order valence-corrected chi connectivity index (χ4v) is 2.23. The van der Waals surface area contributed by atoms with Crippen molar-refractivity contribution in [1.82, 2.24) is 4.90 Å². The van der Waals surface area contributed by atoms with E-state index in [1.165, 1.54) is 0 Å². The van der Waals surface area contributed by atoms with Crippen LogP contribution in [0.5, 0.6) is 11.5 Å². The zero-order valence-corrected chi connectivity index (χ0v) is 11.2. The van der Waals surface area contributed by atoms with Gasteiger partial charge < -0.3 is 14.4 Å². The van der Waals surface area contributed by atoms with Gasteiger partial charge in [-0.1, -0.05) is 13.3 Å². The van der Waals surface area contributed by atoms with E-state index in [0.29, 0.717) is 18.0 Å². The van der Waals surface area contributed by atoms with Crippen molar-refractivity contribution in [2.75, 3.05) is 20.8 Å². The van der Waals surface area contributed by atoms with Crippen molar-refractivity contribution in [3.8, 4) is 11.5 Å². The van der Waals surface area contributed by atoms with Gasteiger partial charge in [0.1, 0.15) is 0 Å². The topological polar surface area (TPSA) is 38.8 Å². The molecule has 0 unspecified atom stereocenters. The molecule has 4 heteroatoms. The van der Waals surface area contributed by atoms with E-state index in [1.54, 1.807) is 20.3 Å². The highest BCUT2D eigenvalue weighted by Gasteiger charge is 2.28. The highest BCUT2D eigenvalue weighted by atomic mass is 16.5. The van der Waals surface area contributed by atoms with Gasteiger partial charge in [0.05, 0.1) is 14.2 Å². The average molecular weight is 249 g/mol. The van der Waals surface area contributed by atoms with Crippen LogP contribution in [-0.2, 0) is 6.54 Å². The van der Waals surface area contributed by atoms with Crippen molar-refractivity contribution >= 4 is 5.91 Å². The zero-order valence-electron chi connectivity index (χ0n) is 11.2. The molecule has 0 N–H and O–H groups in total. The number of methoxy groups -OCH3 is 2. The van der Waals surface area contributed by atoms with Crippen molar-refractivity contribution < 1.29 is 14.3 Å². The Hall–Kier alpha value is -1.71. The first-order valence-electron chi connectivity index (χ1n) is 6.25. The number of fused-ring (bicyclic) bond motifs is 1. The minimum atomic E-state index is 0.0967. The Balaban J connectivity index is 2.28. The van der Waals surface area contributed by atoms with Crippen LogP contribution < -0.4 is 9.47 Å². The van der Waals surface area contributed by atoms with E-state index in [9.17, 15) is 4.79 Å². The Morgan fingerprint density at radius 3 is 2.50 bits per heavy atom. The second-order valence-electron chi connectivity index (χ2n) is 4.44. The number of hydrogen-bond donors (Lipinski definition) is 0. The van der Waals surface area contributed by atoms with Gasteiger partial charge in [-0.3, -0.25) is 4.79 Å². The number of nitrogens with zero attached hydrogens (tertiary/aromatic N) is 1. The summed E-state index contributed by atoms with van der Waals surface area (Å²) in [6, 6.07) is 3.68. The van der Waals surface area contributed by atoms with Crippen molar-refractivity contribution in [1.29, 1.82) is 0 Å². The van der Waals surface area contributed by atoms with Gasteiger partial charge in [-0.15, -0.1) is 0 Å². The van der Waals surface area contributed by atoms with E-state index in [-0.39, 0.29) is 5.91 Å². The van der Waals surface area contributed by atoms with Gasteiger partial charge in [0.2, 0.25) is 0 Å². The molecule has 0 saturated carbocycles. The zero-order chi connectivity index (χ0) is 13.1. The molecule has 1 aromatic rings. The lowest BCUT2D eigenvalue weighted by Crippen LogP contribution is -2.24. The molecular formula is C14H19NO3. The summed E-state index contributed by atoms with van der Waals surface area (Å²) >= 11 is 0. The third-order valence-electron chi connectivity index (χ3n) is 3.27. The molecule has 98 valence electrons. The Labute approximate surface area is 107 Å². The van der Waals surface area contributed by atoms with Crippen LogP contribution in [0.15, 0.2) is 12.1 Å². The molecule has 4 nitrogen and oxygen atoms in total. The molecule has 0 radical (unpaired) electrons. The molecule has 0 fully saturated rings. The number of amides is 1. The minimum absolute atomic E-state index is 0.0967. The van der Waals surface area contributed by atoms with Crippen molar-refractivity contribution in [2.45, 2.75) is 26.3 Å². The summed E-state index contributed by atoms with van der Waals surface area (Å²) in [4.78, 5) is 14.1. The van der Waals surface area contributed by atoms with Crippen LogP contribution in [0.3, 0.4) is 0 Å². The maximum absolute atomic E-state index is 12.2. The van der Waals surface area contributed by atoms with Crippen LogP contribution >= 0.6 is 0 Å². The second-order valence-corrected chi connectivity index (χ2v) is 4.44. The highest BCUT2D eigenvalue weighted by Crippen LogP contribution is 2.34. The van der Waals surface area contributed by atoms with Crippen LogP contribution in [0.2, 0.25) is 0 Å². The normalized spacial score (nSPS) is 13.7. The standard InChI is InChI=1S/C14H19NO3/c1-4-5-6-15-9-10-7-12(17-2)13(18-3)8-11(10)14(15)16/h7-8H,4-6,9H2,1-3H3. The van der Waals surface area contributed by atoms with E-state index in [2.05, 4.69) is 6.92 Å². The van der Waals surface area contributed by atoms with Crippen LogP contribution in [-0.4, -0.2) is 31.6 Å². The number of unbranched alkanes of at least 4 members (excludes halogenated alkanes) is 1. The first-order valence-corrected chi connectivity index (χ1v) is 6.25. The second kappa shape index (κ2) is 5.29. The van der Waals surface area contributed by atoms with Crippen LogP contribution in [0, 0.1) is 0 Å². The van der Waals surface area contributed by atoms with E-state index in [0.717, 1.165) is 30.5 Å². The first kappa shape index (κ1) is 12.7. The lowest BCUT2D eigenvalue weighted by Gasteiger charge is -2.14. The maximum atomic E-state index is 12.2. The van der Waals surface area contributed by atoms with Crippen LogP contribution in [0.1, 0.15) is 35.7 Å². The Bertz CT molecular complexity index is 457. The highest BCUT2D eigenvalue weighted by molar-refractivity contribution is 5.99. The predicted molar refractivity (Wildman–Crippen MR) is 69.2 cm³/mol. The van der Waals surface area contributed by atoms with E-state index in [1.807, 2.05) is 11.0 Å². The van der Waals surface area contributed by atoms with E-state index < -0.39 is 0 Å². The monoisotopic (exact) mass is 249 g/mol. The minimum Gasteiger partial charge on any atom is -0.493 e. The summed E-state index contributed by atoms with van der Waals surface area (Å²) in [5, 5.41) is 0. The van der Waals surface area contributed by atoms with E-state index >= 15 is 0 Å². The number of rotatable bonds is 5. The fraction of sp³-hybridized carbons (Fsp3) is 0.500. The Morgan fingerprint density at radius 2 is 1.89 bits per heavy atom. The number of carbonyl (C=O) groups excluding carboxylic acids is 1. The molecule has 18 heavy (non-hydrogen) atoms. The fourth-order valence-electron chi connectivity index (χ4n) is 2.23. The molecule has 1 amide bonds. The molecule has 2 rings (SSSR count). The molecule has 0 atom stereocenters. The predicted octanol–water partition coefficient (Wildman–Crippen LogP) is 2.46. The van der Waals surface area contributed by atoms with Crippen LogP contribution in [0.25, 0.3) is 0 Å². The van der Waals surface area contributed by atoms with Gasteiger partial charge in [-0.05, 0) is 24.1 Å². The molecule has 0 bridgehead atoms. The molecule has 1 aliphatic rings. The third-order valence-corrected chi connectivity index (χ3v) is 3.27. The van der Waals surface area contributed by atoms with Crippen molar-refractivity contribution in [3.63, 3.8) is 0 Å². The summed E-state index contributed by atoms with van der Waals surface area (Å²) in [5.41, 5.74) is 1.76. The van der Waals surface area contributed by atoms with Gasteiger partial charge in [-0.25, -0.2) is 0 Å². The molecule has 1 heterocycles. The summed E-state index contributed by atoms with van der Waals surface area (Å²) < 4.78 is 10.5. The van der Waals surface area contributed by atoms with Gasteiger partial charge in [-0.2, -0.15) is 0 Å². The van der Waals surface area contributed by atoms with E-state index in [4.69, 9.17) is 9.47 Å². The number of benzene rings is 1. The summed E-state index contributed by atoms with van der Waals surface area (Å²) in [5.74, 6) is 1.39. The van der Waals surface area contributed by atoms with Crippen LogP contribution in [0.4, 0.5) is 0 Å². The number of ether oxygens (including phenoxy) is 2. The quantitative estimate of drug-likeness (QED) is 0.804. The molecule has 0 spiro atoms. The molecule has 0 aliphatic carbocycles. The lowest BCUT2D eigenvalue weighted by atomic mass is 10.1. The lowest BCUT2D eigenvalue weighted by molar-refractivity contribution is 0.0776. The Kier molecular flexibility index (Phi) is 3.75. The van der Waals surface area contributed by atoms with Gasteiger partial charge in [0.15, 0.2) is 11.5 Å². The van der Waals surface area contributed by atoms with Gasteiger partial charge in [0, 0.05) is 18.7 Å². The molecule has 1 aliphatic heterocycles. The average Bonchev–Trinajstić information content (AvgIpc) is 2.71. The molecule has 0 aromatic heterocycles. The SMILES string of the molecule is CCCCN1Cc2cc(OC)c(OC)cc2C1=O. The number of carbonyl (C=O) groups is 1. The molecular weight excluding hydrogens is 230 g/mol. The smallest absolute Gasteiger partial charge is 0.254 e. The van der Waals surface area contributed by atoms with Crippen molar-refractivity contribution in [2.24, 2.45) is 0 Å². The summed E-state index contributed by atoms with van der Waals surface area (Å²) in [6.07, 6.45) is 2.13. The third kappa shape index (κ3) is 2.15. The summed E-state index contributed by atoms with van der Waals surface area (Å²) in [7, 11) is 3.19. The first-order chi connectivity index (χ1) is 8.71. The largest absolute Gasteiger partial charge is 0.493 e. The van der Waals surface area contributed by atoms with Gasteiger partial charge in [0.25, 0.3) is 5.91 Å². The maximum Gasteiger partial charge on any atom is 0.254 e. The molecule has 1 aromatic carbocycles. The van der Waals surface area contributed by atoms with Gasteiger partial charge >= 0.3 is 0 Å². The Morgan fingerprint density at radius 1 is 1.22 bits per heavy atom. The number of hydrogen-bond acceptors (Lipinski definition) is 3. The summed E-state index contributed by atoms with van der Waals surface area (Å²) in [6.45, 7) is 3.61.